The molecule has 9 aromatic carbocycles. The molecule has 3 aliphatic heterocycles. The van der Waals surface area contributed by atoms with Crippen molar-refractivity contribution >= 4 is 50.2 Å². The van der Waals surface area contributed by atoms with Crippen LogP contribution in [0.4, 0.5) is 14.4 Å². The van der Waals surface area contributed by atoms with Gasteiger partial charge in [0.25, 0.3) is 0 Å². The van der Waals surface area contributed by atoms with Crippen LogP contribution in [-0.4, -0.2) is 177 Å². The van der Waals surface area contributed by atoms with E-state index in [1.165, 1.54) is 38.9 Å². The molecule has 3 unspecified atom stereocenters. The van der Waals surface area contributed by atoms with Gasteiger partial charge in [-0.15, -0.1) is 19.7 Å². The summed E-state index contributed by atoms with van der Waals surface area (Å²) < 4.78 is 48.1. The van der Waals surface area contributed by atoms with Gasteiger partial charge in [-0.2, -0.15) is 0 Å². The molecule has 0 spiro atoms. The summed E-state index contributed by atoms with van der Waals surface area (Å²) in [5, 5.41) is 0. The number of aromatic nitrogens is 4. The normalized spacial score (nSPS) is 15.5. The zero-order valence-electron chi connectivity index (χ0n) is 74.4. The van der Waals surface area contributed by atoms with Crippen molar-refractivity contribution in [2.24, 2.45) is 0 Å². The molecule has 18 nitrogen and oxygen atoms in total. The molecule has 11 aromatic rings. The first-order valence-electron chi connectivity index (χ1n) is 45.0. The molecule has 3 saturated heterocycles. The topological polar surface area (TPSA) is 168 Å². The number of rotatable bonds is 36. The summed E-state index contributed by atoms with van der Waals surface area (Å²) in [7, 11) is -3.51. The molecule has 0 saturated carbocycles. The van der Waals surface area contributed by atoms with Gasteiger partial charge in [0, 0.05) is 108 Å². The molecule has 2 aromatic heterocycles. The Balaban J connectivity index is 0.000000171. The van der Waals surface area contributed by atoms with Crippen LogP contribution in [0.1, 0.15) is 154 Å². The molecule has 658 valence electrons. The number of hydrogen-bond donors (Lipinski definition) is 0. The lowest BCUT2D eigenvalue weighted by Gasteiger charge is -2.39. The Morgan fingerprint density at radius 2 is 0.856 bits per heavy atom. The van der Waals surface area contributed by atoms with Gasteiger partial charge in [0.2, 0.25) is 0 Å². The van der Waals surface area contributed by atoms with Gasteiger partial charge in [-0.25, -0.2) is 32.8 Å². The molecule has 3 aliphatic rings. The number of carbonyl (C=O) groups excluding carboxylic acids is 3. The van der Waals surface area contributed by atoms with Gasteiger partial charge >= 0.3 is 18.3 Å². The molecule has 0 radical (unpaired) electrons. The van der Waals surface area contributed by atoms with Crippen LogP contribution in [0.15, 0.2) is 298 Å². The second-order valence-electron chi connectivity index (χ2n) is 34.8. The molecule has 3 amide bonds. The van der Waals surface area contributed by atoms with Crippen molar-refractivity contribution in [3.05, 3.63) is 343 Å². The SMILES string of the molecule is C=CCN(C(=O)OCc1ccc(C)cc1)C1CCN(CCC(C)(Cn2cnc3ccccc32)c2ccccc2)CC1.C=CCN(C(=O)OCc1ccc(C)cc1)C1CCN(CCC(CC(C)(C)S(=O)(=O)c2ccccc2)c2ccccc2)CC1.C=CCN(C(=O)OCc1ccccc1)C1CCN(CCC(Cn2c(CC)nc3ccccc32)c2ccccc2)CC1. The monoisotopic (exact) mass is 1700 g/mol. The summed E-state index contributed by atoms with van der Waals surface area (Å²) in [5.74, 6) is 1.64. The Morgan fingerprint density at radius 3 is 1.31 bits per heavy atom. The number of sulfone groups is 1. The van der Waals surface area contributed by atoms with Crippen molar-refractivity contribution in [3.8, 4) is 0 Å². The van der Waals surface area contributed by atoms with Crippen molar-refractivity contribution in [2.75, 3.05) is 78.5 Å². The highest BCUT2D eigenvalue weighted by molar-refractivity contribution is 7.92. The lowest BCUT2D eigenvalue weighted by Crippen LogP contribution is -2.48. The summed E-state index contributed by atoms with van der Waals surface area (Å²) in [6.45, 7) is 36.6. The van der Waals surface area contributed by atoms with Crippen molar-refractivity contribution in [2.45, 2.75) is 190 Å². The third-order valence-corrected chi connectivity index (χ3v) is 28.0. The smallest absolute Gasteiger partial charge is 0.410 e. The van der Waals surface area contributed by atoms with Crippen LogP contribution in [-0.2, 0) is 68.8 Å². The third kappa shape index (κ3) is 26.0. The average Bonchev–Trinajstić information content (AvgIpc) is 1.70. The molecule has 125 heavy (non-hydrogen) atoms. The number of imidazole rings is 2. The van der Waals surface area contributed by atoms with E-state index >= 15 is 0 Å². The number of nitrogens with zero attached hydrogens (tertiary/aromatic N) is 10. The Bertz CT molecular complexity index is 5280. The third-order valence-electron chi connectivity index (χ3n) is 25.4. The quantitative estimate of drug-likeness (QED) is 0.0269. The van der Waals surface area contributed by atoms with E-state index in [1.54, 1.807) is 42.5 Å². The molecular weight excluding hydrogens is 1570 g/mol. The van der Waals surface area contributed by atoms with Crippen LogP contribution in [0.3, 0.4) is 0 Å². The molecule has 3 fully saturated rings. The molecule has 0 bridgehead atoms. The highest BCUT2D eigenvalue weighted by Crippen LogP contribution is 2.39. The van der Waals surface area contributed by atoms with Crippen LogP contribution in [0.2, 0.25) is 0 Å². The van der Waals surface area contributed by atoms with E-state index in [9.17, 15) is 22.8 Å². The fraction of sp³-hybridized carbons (Fsp3) is 0.387. The number of carbonyl (C=O) groups is 3. The van der Waals surface area contributed by atoms with Crippen molar-refractivity contribution in [1.29, 1.82) is 0 Å². The molecule has 19 heteroatoms. The molecule has 5 heterocycles. The van der Waals surface area contributed by atoms with Crippen molar-refractivity contribution < 1.29 is 37.0 Å². The fourth-order valence-electron chi connectivity index (χ4n) is 17.9. The summed E-state index contributed by atoms with van der Waals surface area (Å²) in [6.07, 6.45) is 16.4. The van der Waals surface area contributed by atoms with E-state index in [4.69, 9.17) is 19.2 Å². The number of piperidine rings is 3. The number of para-hydroxylation sites is 4. The molecule has 0 aliphatic carbocycles. The van der Waals surface area contributed by atoms with Crippen LogP contribution < -0.4 is 0 Å². The van der Waals surface area contributed by atoms with E-state index in [0.717, 1.165) is 170 Å². The second kappa shape index (κ2) is 46.1. The first-order valence-corrected chi connectivity index (χ1v) is 46.4. The standard InChI is InChI=1S/C36H46N2O4S.2C35H42N4O2/c1-5-23-38(35(39)42-28-30-18-16-29(2)17-19-30)33-21-25-37(26-22-33)24-20-32(31-12-8-6-9-13-31)27-36(3,4)43(40,41)34-14-10-7-11-15-34;1-4-21-39(34(40)41-25-29-16-14-28(2)15-17-29)31-18-22-37(23-19-31)24-20-35(3,30-10-6-5-7-11-30)26-38-27-36-32-12-8-9-13-33(32)38;1-3-22-38(35(40)41-27-28-13-7-5-8-14-28)31-20-24-37(25-21-31)23-19-30(29-15-9-6-10-16-29)26-39-33-18-12-11-17-32(33)36-34(39)4-2/h5-19,32-33H,1,20-28H2,2-4H3;4-17,27,31H,1,18-26H2,2-3H3;3,5-18,30-31H,1,4,19-27H2,2H3. The Labute approximate surface area is 743 Å². The number of amides is 3. The lowest BCUT2D eigenvalue weighted by atomic mass is 9.79. The largest absolute Gasteiger partial charge is 0.445 e. The van der Waals surface area contributed by atoms with Crippen LogP contribution in [0.25, 0.3) is 22.1 Å². The maximum atomic E-state index is 13.6. The maximum Gasteiger partial charge on any atom is 0.410 e. The number of benzene rings is 9. The molecule has 14 rings (SSSR count). The molecule has 3 atom stereocenters. The van der Waals surface area contributed by atoms with Crippen LogP contribution in [0.5, 0.6) is 0 Å². The van der Waals surface area contributed by atoms with Gasteiger partial charge in [0.05, 0.1) is 38.0 Å². The average molecular weight is 1700 g/mol. The van der Waals surface area contributed by atoms with Crippen LogP contribution in [0, 0.1) is 13.8 Å². The van der Waals surface area contributed by atoms with E-state index in [-0.39, 0.29) is 61.0 Å². The zero-order chi connectivity index (χ0) is 88.0. The van der Waals surface area contributed by atoms with Gasteiger partial charge in [-0.3, -0.25) is 0 Å². The number of ether oxygens (including phenoxy) is 3. The number of fused-ring (bicyclic) bond motifs is 2. The summed E-state index contributed by atoms with van der Waals surface area (Å²) >= 11 is 0. The first kappa shape index (κ1) is 92.9. The first-order chi connectivity index (χ1) is 60.7. The highest BCUT2D eigenvalue weighted by atomic mass is 32.2. The zero-order valence-corrected chi connectivity index (χ0v) is 75.3. The minimum atomic E-state index is -3.51. The van der Waals surface area contributed by atoms with Crippen molar-refractivity contribution in [1.82, 2.24) is 48.5 Å². The lowest BCUT2D eigenvalue weighted by molar-refractivity contribution is 0.0643. The van der Waals surface area contributed by atoms with Gasteiger partial charge in [0.1, 0.15) is 25.6 Å². The minimum absolute atomic E-state index is 0.0454. The predicted molar refractivity (Wildman–Crippen MR) is 506 cm³/mol. The van der Waals surface area contributed by atoms with E-state index in [1.807, 2.05) is 151 Å². The Morgan fingerprint density at radius 1 is 0.472 bits per heavy atom. The summed E-state index contributed by atoms with van der Waals surface area (Å²) in [4.78, 5) is 62.1. The number of hydrogen-bond acceptors (Lipinski definition) is 13. The molecular formula is C106H130N10O8S. The summed E-state index contributed by atoms with van der Waals surface area (Å²) in [5.41, 5.74) is 13.7. The van der Waals surface area contributed by atoms with E-state index in [0.29, 0.717) is 43.5 Å². The second-order valence-corrected chi connectivity index (χ2v) is 37.3. The predicted octanol–water partition coefficient (Wildman–Crippen LogP) is 21.4. The van der Waals surface area contributed by atoms with Crippen LogP contribution >= 0.6 is 0 Å². The van der Waals surface area contributed by atoms with E-state index < -0.39 is 14.6 Å². The van der Waals surface area contributed by atoms with Gasteiger partial charge in [-0.05, 0) is 187 Å². The maximum absolute atomic E-state index is 13.6. The van der Waals surface area contributed by atoms with Crippen molar-refractivity contribution in [3.63, 3.8) is 0 Å². The highest BCUT2D eigenvalue weighted by Gasteiger charge is 2.40. The van der Waals surface area contributed by atoms with E-state index in [2.05, 4.69) is 185 Å². The Kier molecular flexibility index (Phi) is 34.3. The minimum Gasteiger partial charge on any atom is -0.445 e. The number of aryl methyl sites for hydroxylation is 3. The van der Waals surface area contributed by atoms with Gasteiger partial charge in [0.15, 0.2) is 9.84 Å². The van der Waals surface area contributed by atoms with Gasteiger partial charge in [-0.1, -0.05) is 256 Å². The fourth-order valence-corrected chi connectivity index (χ4v) is 19.5. The Hall–Kier alpha value is -11.2. The molecule has 0 N–H and O–H groups in total. The summed E-state index contributed by atoms with van der Waals surface area (Å²) in [6, 6.07) is 84.0. The number of likely N-dealkylation sites (tertiary alicyclic amines) is 3. The van der Waals surface area contributed by atoms with Gasteiger partial charge < -0.3 is 52.7 Å².